The molecule has 0 saturated carbocycles. The molecule has 1 atom stereocenters. The van der Waals surface area contributed by atoms with E-state index in [1.807, 2.05) is 0 Å². The molecule has 0 aliphatic rings. The maximum atomic E-state index is 10.6. The Balaban J connectivity index is 3.02. The molecule has 1 N–H and O–H groups in total. The molecule has 0 aliphatic carbocycles. The third-order valence-corrected chi connectivity index (χ3v) is 3.30. The van der Waals surface area contributed by atoms with Gasteiger partial charge in [0.1, 0.15) is 0 Å². The summed E-state index contributed by atoms with van der Waals surface area (Å²) in [5, 5.41) is 0. The summed E-state index contributed by atoms with van der Waals surface area (Å²) in [7, 11) is -4.09. The van der Waals surface area contributed by atoms with Crippen LogP contribution >= 0.6 is 12.6 Å². The standard InChI is InChI=1S/C7H8O3S2/c8-12(9,10)7(11)6-4-2-1-3-5-6/h1-5,7,11H,(H,8,9,10). The van der Waals surface area contributed by atoms with Crippen molar-refractivity contribution in [1.82, 2.24) is 0 Å². The molecule has 0 radical (unpaired) electrons. The number of benzene rings is 1. The predicted molar refractivity (Wildman–Crippen MR) is 49.7 cm³/mol. The van der Waals surface area contributed by atoms with Crippen LogP contribution in [0.4, 0.5) is 0 Å². The van der Waals surface area contributed by atoms with Gasteiger partial charge in [0.05, 0.1) is 0 Å². The summed E-state index contributed by atoms with van der Waals surface area (Å²) in [6.07, 6.45) is 0. The fraction of sp³-hybridized carbons (Fsp3) is 0.143. The van der Waals surface area contributed by atoms with Crippen LogP contribution in [0, 0.1) is 0 Å². The Morgan fingerprint density at radius 3 is 2.17 bits per heavy atom. The molecule has 1 unspecified atom stereocenters. The van der Waals surface area contributed by atoms with Crippen LogP contribution in [0.15, 0.2) is 30.3 Å². The van der Waals surface area contributed by atoms with Crippen LogP contribution in [0.3, 0.4) is 0 Å². The van der Waals surface area contributed by atoms with Gasteiger partial charge in [0, 0.05) is 0 Å². The van der Waals surface area contributed by atoms with E-state index in [2.05, 4.69) is 12.6 Å². The van der Waals surface area contributed by atoms with E-state index in [1.165, 1.54) is 0 Å². The summed E-state index contributed by atoms with van der Waals surface area (Å²) in [5.41, 5.74) is 0.461. The van der Waals surface area contributed by atoms with Gasteiger partial charge in [-0.05, 0) is 5.56 Å². The van der Waals surface area contributed by atoms with Crippen molar-refractivity contribution in [2.45, 2.75) is 4.58 Å². The first-order chi connectivity index (χ1) is 5.52. The Morgan fingerprint density at radius 2 is 1.75 bits per heavy atom. The average Bonchev–Trinajstić information content (AvgIpc) is 2.03. The molecule has 0 aromatic heterocycles. The van der Waals surface area contributed by atoms with Crippen LogP contribution < -0.4 is 0 Å². The maximum absolute atomic E-state index is 10.6. The highest BCUT2D eigenvalue weighted by Crippen LogP contribution is 2.24. The van der Waals surface area contributed by atoms with Crippen molar-refractivity contribution >= 4 is 22.7 Å². The first-order valence-corrected chi connectivity index (χ1v) is 5.23. The topological polar surface area (TPSA) is 54.4 Å². The van der Waals surface area contributed by atoms with Gasteiger partial charge in [0.15, 0.2) is 4.58 Å². The van der Waals surface area contributed by atoms with Crippen LogP contribution in [-0.4, -0.2) is 13.0 Å². The fourth-order valence-corrected chi connectivity index (χ4v) is 1.46. The molecule has 0 fully saturated rings. The molecule has 0 bridgehead atoms. The van der Waals surface area contributed by atoms with Crippen molar-refractivity contribution in [3.05, 3.63) is 35.9 Å². The van der Waals surface area contributed by atoms with Crippen molar-refractivity contribution in [3.63, 3.8) is 0 Å². The Bertz CT molecular complexity index is 344. The zero-order chi connectivity index (χ0) is 9.19. The van der Waals surface area contributed by atoms with Gasteiger partial charge in [0.25, 0.3) is 10.1 Å². The Hall–Kier alpha value is -0.520. The molecule has 1 rings (SSSR count). The lowest BCUT2D eigenvalue weighted by atomic mass is 10.2. The van der Waals surface area contributed by atoms with E-state index in [9.17, 15) is 8.42 Å². The fourth-order valence-electron chi connectivity index (χ4n) is 0.790. The summed E-state index contributed by atoms with van der Waals surface area (Å²) in [6.45, 7) is 0. The molecule has 0 spiro atoms. The minimum atomic E-state index is -4.09. The quantitative estimate of drug-likeness (QED) is 0.567. The van der Waals surface area contributed by atoms with E-state index in [0.29, 0.717) is 5.56 Å². The molecular formula is C7H8O3S2. The van der Waals surface area contributed by atoms with Gasteiger partial charge in [-0.1, -0.05) is 30.3 Å². The third kappa shape index (κ3) is 2.23. The van der Waals surface area contributed by atoms with Crippen LogP contribution in [0.2, 0.25) is 0 Å². The molecule has 0 aliphatic heterocycles. The minimum Gasteiger partial charge on any atom is -0.284 e. The van der Waals surface area contributed by atoms with Crippen LogP contribution in [-0.2, 0) is 10.1 Å². The second-order valence-corrected chi connectivity index (χ2v) is 4.65. The summed E-state index contributed by atoms with van der Waals surface area (Å²) in [5.74, 6) is 0. The van der Waals surface area contributed by atoms with Crippen molar-refractivity contribution in [3.8, 4) is 0 Å². The Kier molecular flexibility index (Phi) is 2.76. The highest BCUT2D eigenvalue weighted by Gasteiger charge is 2.19. The third-order valence-electron chi connectivity index (χ3n) is 1.37. The van der Waals surface area contributed by atoms with Gasteiger partial charge in [-0.2, -0.15) is 21.0 Å². The van der Waals surface area contributed by atoms with E-state index in [-0.39, 0.29) is 0 Å². The molecule has 0 heterocycles. The van der Waals surface area contributed by atoms with Gasteiger partial charge in [-0.15, -0.1) is 0 Å². The van der Waals surface area contributed by atoms with Crippen LogP contribution in [0.1, 0.15) is 10.1 Å². The van der Waals surface area contributed by atoms with E-state index in [4.69, 9.17) is 4.55 Å². The molecule has 5 heteroatoms. The maximum Gasteiger partial charge on any atom is 0.281 e. The smallest absolute Gasteiger partial charge is 0.281 e. The number of hydrogen-bond acceptors (Lipinski definition) is 3. The van der Waals surface area contributed by atoms with Crippen molar-refractivity contribution < 1.29 is 13.0 Å². The van der Waals surface area contributed by atoms with Gasteiger partial charge in [0.2, 0.25) is 0 Å². The summed E-state index contributed by atoms with van der Waals surface area (Å²) >= 11 is 3.76. The number of rotatable bonds is 2. The molecule has 1 aromatic rings. The SMILES string of the molecule is O=S(=O)(O)C(S)c1ccccc1. The summed E-state index contributed by atoms with van der Waals surface area (Å²) in [4.78, 5) is 0. The van der Waals surface area contributed by atoms with Crippen LogP contribution in [0.25, 0.3) is 0 Å². The molecular weight excluding hydrogens is 196 g/mol. The minimum absolute atomic E-state index is 0.461. The van der Waals surface area contributed by atoms with Gasteiger partial charge in [-0.25, -0.2) is 0 Å². The van der Waals surface area contributed by atoms with Gasteiger partial charge >= 0.3 is 0 Å². The first kappa shape index (κ1) is 9.57. The Morgan fingerprint density at radius 1 is 1.25 bits per heavy atom. The second kappa shape index (κ2) is 3.47. The molecule has 1 aromatic carbocycles. The normalized spacial score (nSPS) is 14.2. The van der Waals surface area contributed by atoms with E-state index >= 15 is 0 Å². The van der Waals surface area contributed by atoms with Gasteiger partial charge < -0.3 is 0 Å². The average molecular weight is 204 g/mol. The highest BCUT2D eigenvalue weighted by molar-refractivity contribution is 8.01. The van der Waals surface area contributed by atoms with E-state index in [1.54, 1.807) is 30.3 Å². The highest BCUT2D eigenvalue weighted by atomic mass is 32.3. The molecule has 0 saturated heterocycles. The lowest BCUT2D eigenvalue weighted by Crippen LogP contribution is -2.05. The van der Waals surface area contributed by atoms with E-state index < -0.39 is 14.7 Å². The molecule has 3 nitrogen and oxygen atoms in total. The van der Waals surface area contributed by atoms with Crippen molar-refractivity contribution in [2.24, 2.45) is 0 Å². The molecule has 12 heavy (non-hydrogen) atoms. The predicted octanol–water partition coefficient (Wildman–Crippen LogP) is 1.50. The zero-order valence-electron chi connectivity index (χ0n) is 6.08. The second-order valence-electron chi connectivity index (χ2n) is 2.28. The van der Waals surface area contributed by atoms with Crippen LogP contribution in [0.5, 0.6) is 0 Å². The summed E-state index contributed by atoms with van der Waals surface area (Å²) in [6, 6.07) is 8.30. The molecule has 0 amide bonds. The molecule has 66 valence electrons. The van der Waals surface area contributed by atoms with Crippen molar-refractivity contribution in [2.75, 3.05) is 0 Å². The Labute approximate surface area is 76.6 Å². The largest absolute Gasteiger partial charge is 0.284 e. The first-order valence-electron chi connectivity index (χ1n) is 3.21. The van der Waals surface area contributed by atoms with Gasteiger partial charge in [-0.3, -0.25) is 4.55 Å². The number of thiol groups is 1. The lowest BCUT2D eigenvalue weighted by Gasteiger charge is -2.05. The lowest BCUT2D eigenvalue weighted by molar-refractivity contribution is 0.481. The number of hydrogen-bond donors (Lipinski definition) is 2. The monoisotopic (exact) mass is 204 g/mol. The van der Waals surface area contributed by atoms with Crippen molar-refractivity contribution in [1.29, 1.82) is 0 Å². The summed E-state index contributed by atoms with van der Waals surface area (Å²) < 4.78 is 28.7. The van der Waals surface area contributed by atoms with E-state index in [0.717, 1.165) is 0 Å². The zero-order valence-corrected chi connectivity index (χ0v) is 7.79.